The normalized spacial score (nSPS) is 29.1. The molecule has 0 amide bonds. The van der Waals surface area contributed by atoms with Gasteiger partial charge in [-0.1, -0.05) is 27.7 Å². The molecule has 1 aliphatic carbocycles. The molecular formula is C10H17N. The van der Waals surface area contributed by atoms with Crippen LogP contribution in [0.4, 0.5) is 0 Å². The van der Waals surface area contributed by atoms with Crippen LogP contribution >= 0.6 is 0 Å². The van der Waals surface area contributed by atoms with Crippen LogP contribution < -0.4 is 0 Å². The standard InChI is InChI=1S/C10H17N/c1-7(11-6)8-9(2,3)10(8,4)5/h7-8H,1-5H3. The van der Waals surface area contributed by atoms with Gasteiger partial charge in [0.2, 0.25) is 6.04 Å². The molecule has 0 N–H and O–H groups in total. The molecule has 0 spiro atoms. The lowest BCUT2D eigenvalue weighted by atomic mass is 10.0. The van der Waals surface area contributed by atoms with E-state index in [1.807, 2.05) is 6.92 Å². The van der Waals surface area contributed by atoms with Crippen LogP contribution in [0.25, 0.3) is 4.85 Å². The molecule has 1 rings (SSSR count). The van der Waals surface area contributed by atoms with Crippen LogP contribution in [-0.2, 0) is 0 Å². The molecule has 11 heavy (non-hydrogen) atoms. The van der Waals surface area contributed by atoms with Gasteiger partial charge in [-0.2, -0.15) is 0 Å². The highest BCUT2D eigenvalue weighted by molar-refractivity contribution is 5.17. The Hall–Kier alpha value is -0.510. The largest absolute Gasteiger partial charge is 0.314 e. The molecule has 0 heterocycles. The lowest BCUT2D eigenvalue weighted by Gasteiger charge is -2.03. The van der Waals surface area contributed by atoms with E-state index in [1.165, 1.54) is 0 Å². The van der Waals surface area contributed by atoms with Crippen molar-refractivity contribution >= 4 is 0 Å². The molecule has 1 unspecified atom stereocenters. The summed E-state index contributed by atoms with van der Waals surface area (Å²) >= 11 is 0. The van der Waals surface area contributed by atoms with Gasteiger partial charge in [0.25, 0.3) is 0 Å². The van der Waals surface area contributed by atoms with Crippen molar-refractivity contribution in [3.63, 3.8) is 0 Å². The molecule has 0 aromatic carbocycles. The third kappa shape index (κ3) is 0.888. The first kappa shape index (κ1) is 8.59. The van der Waals surface area contributed by atoms with Crippen molar-refractivity contribution in [2.75, 3.05) is 0 Å². The average molecular weight is 151 g/mol. The molecular weight excluding hydrogens is 134 g/mol. The maximum atomic E-state index is 6.96. The Balaban J connectivity index is 2.77. The number of nitrogens with zero attached hydrogens (tertiary/aromatic N) is 1. The van der Waals surface area contributed by atoms with Gasteiger partial charge in [0.05, 0.1) is 0 Å². The van der Waals surface area contributed by atoms with Crippen molar-refractivity contribution in [3.05, 3.63) is 11.4 Å². The SMILES string of the molecule is [C-]#[N+]C(C)C1C(C)(C)C1(C)C. The van der Waals surface area contributed by atoms with E-state index in [1.54, 1.807) is 0 Å². The number of hydrogen-bond acceptors (Lipinski definition) is 0. The second-order valence-electron chi connectivity index (χ2n) is 4.79. The quantitative estimate of drug-likeness (QED) is 0.507. The Morgan fingerprint density at radius 3 is 1.64 bits per heavy atom. The van der Waals surface area contributed by atoms with Gasteiger partial charge < -0.3 is 4.85 Å². The van der Waals surface area contributed by atoms with E-state index in [4.69, 9.17) is 6.57 Å². The van der Waals surface area contributed by atoms with Crippen LogP contribution in [0, 0.1) is 23.3 Å². The van der Waals surface area contributed by atoms with Gasteiger partial charge in [0.15, 0.2) is 0 Å². The summed E-state index contributed by atoms with van der Waals surface area (Å²) in [5, 5.41) is 0. The summed E-state index contributed by atoms with van der Waals surface area (Å²) in [4.78, 5) is 3.59. The summed E-state index contributed by atoms with van der Waals surface area (Å²) in [6.45, 7) is 18.0. The minimum Gasteiger partial charge on any atom is -0.314 e. The monoisotopic (exact) mass is 151 g/mol. The van der Waals surface area contributed by atoms with Crippen LogP contribution in [0.15, 0.2) is 0 Å². The maximum Gasteiger partial charge on any atom is 0.224 e. The van der Waals surface area contributed by atoms with Gasteiger partial charge in [-0.25, -0.2) is 6.57 Å². The fraction of sp³-hybridized carbons (Fsp3) is 0.900. The Morgan fingerprint density at radius 2 is 1.55 bits per heavy atom. The Morgan fingerprint density at radius 1 is 1.18 bits per heavy atom. The molecule has 0 aromatic heterocycles. The minimum atomic E-state index is 0.194. The highest BCUT2D eigenvalue weighted by Gasteiger charge is 2.69. The zero-order valence-electron chi connectivity index (χ0n) is 8.10. The van der Waals surface area contributed by atoms with Crippen molar-refractivity contribution in [1.82, 2.24) is 0 Å². The molecule has 1 aliphatic rings. The molecule has 0 aliphatic heterocycles. The highest BCUT2D eigenvalue weighted by Crippen LogP contribution is 2.70. The molecule has 0 radical (unpaired) electrons. The predicted molar refractivity (Wildman–Crippen MR) is 47.1 cm³/mol. The lowest BCUT2D eigenvalue weighted by molar-refractivity contribution is 0.457. The van der Waals surface area contributed by atoms with Crippen molar-refractivity contribution < 1.29 is 0 Å². The number of hydrogen-bond donors (Lipinski definition) is 0. The van der Waals surface area contributed by atoms with E-state index in [-0.39, 0.29) is 6.04 Å². The first-order valence-corrected chi connectivity index (χ1v) is 4.22. The predicted octanol–water partition coefficient (Wildman–Crippen LogP) is 2.98. The molecule has 1 nitrogen and oxygen atoms in total. The van der Waals surface area contributed by atoms with E-state index in [0.29, 0.717) is 16.7 Å². The van der Waals surface area contributed by atoms with Crippen LogP contribution in [-0.4, -0.2) is 6.04 Å². The first-order chi connectivity index (χ1) is 4.85. The van der Waals surface area contributed by atoms with E-state index in [0.717, 1.165) is 0 Å². The lowest BCUT2D eigenvalue weighted by Crippen LogP contribution is -2.04. The van der Waals surface area contributed by atoms with Gasteiger partial charge >= 0.3 is 0 Å². The topological polar surface area (TPSA) is 4.36 Å². The van der Waals surface area contributed by atoms with E-state index < -0.39 is 0 Å². The maximum absolute atomic E-state index is 6.96. The summed E-state index contributed by atoms with van der Waals surface area (Å²) < 4.78 is 0. The van der Waals surface area contributed by atoms with Gasteiger partial charge in [-0.15, -0.1) is 0 Å². The minimum absolute atomic E-state index is 0.194. The zero-order valence-corrected chi connectivity index (χ0v) is 8.10. The average Bonchev–Trinajstić information content (AvgIpc) is 2.24. The Labute approximate surface area is 69.6 Å². The Bertz CT molecular complexity index is 193. The highest BCUT2D eigenvalue weighted by atomic mass is 14.8. The smallest absolute Gasteiger partial charge is 0.224 e. The third-order valence-electron chi connectivity index (χ3n) is 3.82. The first-order valence-electron chi connectivity index (χ1n) is 4.22. The van der Waals surface area contributed by atoms with Gasteiger partial charge in [0, 0.05) is 12.8 Å². The van der Waals surface area contributed by atoms with Crippen LogP contribution in [0.5, 0.6) is 0 Å². The van der Waals surface area contributed by atoms with E-state index >= 15 is 0 Å². The summed E-state index contributed by atoms with van der Waals surface area (Å²) in [7, 11) is 0. The Kier molecular flexibility index (Phi) is 1.56. The summed E-state index contributed by atoms with van der Waals surface area (Å²) in [5.41, 5.74) is 0.744. The molecule has 62 valence electrons. The molecule has 0 saturated heterocycles. The third-order valence-corrected chi connectivity index (χ3v) is 3.82. The van der Waals surface area contributed by atoms with Gasteiger partial charge in [0.1, 0.15) is 0 Å². The van der Waals surface area contributed by atoms with Crippen LogP contribution in [0.2, 0.25) is 0 Å². The van der Waals surface area contributed by atoms with Crippen molar-refractivity contribution in [1.29, 1.82) is 0 Å². The summed E-state index contributed by atoms with van der Waals surface area (Å²) in [6, 6.07) is 0.194. The van der Waals surface area contributed by atoms with E-state index in [2.05, 4.69) is 32.5 Å². The van der Waals surface area contributed by atoms with E-state index in [9.17, 15) is 0 Å². The number of rotatable bonds is 1. The molecule has 0 bridgehead atoms. The van der Waals surface area contributed by atoms with Crippen LogP contribution in [0.1, 0.15) is 34.6 Å². The summed E-state index contributed by atoms with van der Waals surface area (Å²) in [5.74, 6) is 0.590. The second kappa shape index (κ2) is 2.00. The molecule has 1 atom stereocenters. The molecule has 0 aromatic rings. The van der Waals surface area contributed by atoms with Crippen molar-refractivity contribution in [3.8, 4) is 0 Å². The fourth-order valence-corrected chi connectivity index (χ4v) is 2.53. The fourth-order valence-electron chi connectivity index (χ4n) is 2.53. The van der Waals surface area contributed by atoms with Crippen LogP contribution in [0.3, 0.4) is 0 Å². The van der Waals surface area contributed by atoms with Gasteiger partial charge in [-0.3, -0.25) is 0 Å². The summed E-state index contributed by atoms with van der Waals surface area (Å²) in [6.07, 6.45) is 0. The second-order valence-corrected chi connectivity index (χ2v) is 4.79. The zero-order chi connectivity index (χ0) is 8.86. The molecule has 1 heteroatoms. The van der Waals surface area contributed by atoms with Crippen molar-refractivity contribution in [2.45, 2.75) is 40.7 Å². The van der Waals surface area contributed by atoms with Gasteiger partial charge in [-0.05, 0) is 10.8 Å². The molecule has 1 fully saturated rings. The van der Waals surface area contributed by atoms with Crippen molar-refractivity contribution in [2.24, 2.45) is 16.7 Å². The molecule has 1 saturated carbocycles.